The van der Waals surface area contributed by atoms with Crippen molar-refractivity contribution < 1.29 is 14.4 Å². The summed E-state index contributed by atoms with van der Waals surface area (Å²) in [4.78, 5) is 37.6. The molecule has 0 aromatic heterocycles. The zero-order chi connectivity index (χ0) is 14.0. The average molecular weight is 258 g/mol. The quantitative estimate of drug-likeness (QED) is 0.766. The van der Waals surface area contributed by atoms with E-state index in [2.05, 4.69) is 0 Å². The molecular formula is C14H14N2O3. The van der Waals surface area contributed by atoms with Crippen LogP contribution < -0.4 is 4.90 Å². The fourth-order valence-electron chi connectivity index (χ4n) is 1.77. The van der Waals surface area contributed by atoms with Crippen LogP contribution in [0.3, 0.4) is 0 Å². The summed E-state index contributed by atoms with van der Waals surface area (Å²) in [6.45, 7) is 2.51. The molecule has 0 saturated carbocycles. The minimum Gasteiger partial charge on any atom is -0.342 e. The molecule has 0 radical (unpaired) electrons. The Kier molecular flexibility index (Phi) is 3.46. The van der Waals surface area contributed by atoms with Crippen LogP contribution >= 0.6 is 0 Å². The van der Waals surface area contributed by atoms with Crippen LogP contribution in [0.25, 0.3) is 0 Å². The molecule has 2 rings (SSSR count). The van der Waals surface area contributed by atoms with E-state index in [1.807, 2.05) is 6.92 Å². The van der Waals surface area contributed by atoms with E-state index in [0.29, 0.717) is 17.8 Å². The van der Waals surface area contributed by atoms with Crippen molar-refractivity contribution >= 4 is 23.4 Å². The van der Waals surface area contributed by atoms with Crippen LogP contribution in [-0.4, -0.2) is 36.2 Å². The third kappa shape index (κ3) is 2.40. The molecule has 0 aliphatic carbocycles. The maximum atomic E-state index is 11.9. The van der Waals surface area contributed by atoms with E-state index < -0.39 is 0 Å². The lowest BCUT2D eigenvalue weighted by atomic mass is 10.1. The first-order valence-electron chi connectivity index (χ1n) is 5.96. The second kappa shape index (κ2) is 5.06. The van der Waals surface area contributed by atoms with Crippen LogP contribution in [0.5, 0.6) is 0 Å². The summed E-state index contributed by atoms with van der Waals surface area (Å²) in [6.07, 6.45) is 2.46. The molecule has 0 spiro atoms. The molecule has 19 heavy (non-hydrogen) atoms. The average Bonchev–Trinajstić information content (AvgIpc) is 2.77. The second-order valence-corrected chi connectivity index (χ2v) is 4.21. The molecule has 98 valence electrons. The van der Waals surface area contributed by atoms with Crippen molar-refractivity contribution in [3.8, 4) is 0 Å². The first kappa shape index (κ1) is 13.0. The van der Waals surface area contributed by atoms with Crippen molar-refractivity contribution in [1.29, 1.82) is 0 Å². The molecule has 1 aromatic carbocycles. The summed E-state index contributed by atoms with van der Waals surface area (Å²) in [6, 6.07) is 6.42. The number of carbonyl (C=O) groups is 3. The molecular weight excluding hydrogens is 244 g/mol. The number of amides is 3. The largest absolute Gasteiger partial charge is 0.342 e. The van der Waals surface area contributed by atoms with Crippen molar-refractivity contribution in [3.05, 3.63) is 42.0 Å². The predicted octanol–water partition coefficient (Wildman–Crippen LogP) is 1.21. The van der Waals surface area contributed by atoms with E-state index in [-0.39, 0.29) is 17.7 Å². The van der Waals surface area contributed by atoms with Gasteiger partial charge in [-0.2, -0.15) is 0 Å². The van der Waals surface area contributed by atoms with Gasteiger partial charge in [-0.1, -0.05) is 0 Å². The summed E-state index contributed by atoms with van der Waals surface area (Å²) in [5, 5.41) is 0. The Hall–Kier alpha value is -2.43. The van der Waals surface area contributed by atoms with E-state index in [0.717, 1.165) is 4.90 Å². The van der Waals surface area contributed by atoms with Crippen LogP contribution in [-0.2, 0) is 9.59 Å². The van der Waals surface area contributed by atoms with Gasteiger partial charge in [-0.25, -0.2) is 4.90 Å². The van der Waals surface area contributed by atoms with Crippen molar-refractivity contribution in [3.63, 3.8) is 0 Å². The van der Waals surface area contributed by atoms with Crippen LogP contribution in [0.1, 0.15) is 17.3 Å². The summed E-state index contributed by atoms with van der Waals surface area (Å²) in [5.74, 6) is -0.823. The fraction of sp³-hybridized carbons (Fsp3) is 0.214. The maximum Gasteiger partial charge on any atom is 0.258 e. The molecule has 3 amide bonds. The molecule has 1 aliphatic rings. The summed E-state index contributed by atoms with van der Waals surface area (Å²) in [5.41, 5.74) is 0.996. The molecule has 1 aromatic rings. The van der Waals surface area contributed by atoms with Gasteiger partial charge in [0.2, 0.25) is 0 Å². The van der Waals surface area contributed by atoms with Crippen molar-refractivity contribution in [1.82, 2.24) is 4.90 Å². The smallest absolute Gasteiger partial charge is 0.258 e. The van der Waals surface area contributed by atoms with Crippen LogP contribution in [0.15, 0.2) is 36.4 Å². The van der Waals surface area contributed by atoms with E-state index in [4.69, 9.17) is 0 Å². The number of nitrogens with zero attached hydrogens (tertiary/aromatic N) is 2. The number of rotatable bonds is 3. The van der Waals surface area contributed by atoms with Gasteiger partial charge in [-0.3, -0.25) is 14.4 Å². The lowest BCUT2D eigenvalue weighted by Crippen LogP contribution is -2.30. The number of hydrogen-bond donors (Lipinski definition) is 0. The van der Waals surface area contributed by atoms with Crippen LogP contribution in [0, 0.1) is 0 Å². The Labute approximate surface area is 111 Å². The minimum absolute atomic E-state index is 0.0914. The van der Waals surface area contributed by atoms with Crippen LogP contribution in [0.2, 0.25) is 0 Å². The highest BCUT2D eigenvalue weighted by molar-refractivity contribution is 6.28. The predicted molar refractivity (Wildman–Crippen MR) is 70.7 cm³/mol. The number of hydrogen-bond acceptors (Lipinski definition) is 3. The van der Waals surface area contributed by atoms with E-state index >= 15 is 0 Å². The molecule has 5 nitrogen and oxygen atoms in total. The molecule has 5 heteroatoms. The molecule has 0 N–H and O–H groups in total. The van der Waals surface area contributed by atoms with Gasteiger partial charge in [-0.05, 0) is 31.2 Å². The third-order valence-corrected chi connectivity index (χ3v) is 3.00. The number of benzene rings is 1. The van der Waals surface area contributed by atoms with E-state index in [1.165, 1.54) is 12.2 Å². The molecule has 1 heterocycles. The van der Waals surface area contributed by atoms with Gasteiger partial charge in [0.15, 0.2) is 0 Å². The van der Waals surface area contributed by atoms with Gasteiger partial charge in [0.1, 0.15) is 0 Å². The second-order valence-electron chi connectivity index (χ2n) is 4.21. The van der Waals surface area contributed by atoms with E-state index in [1.54, 1.807) is 36.2 Å². The van der Waals surface area contributed by atoms with E-state index in [9.17, 15) is 14.4 Å². The normalized spacial score (nSPS) is 14.1. The highest BCUT2D eigenvalue weighted by atomic mass is 16.2. The first-order valence-corrected chi connectivity index (χ1v) is 5.96. The zero-order valence-electron chi connectivity index (χ0n) is 10.8. The third-order valence-electron chi connectivity index (χ3n) is 3.00. The topological polar surface area (TPSA) is 57.7 Å². The van der Waals surface area contributed by atoms with Gasteiger partial charge in [0.25, 0.3) is 17.7 Å². The lowest BCUT2D eigenvalue weighted by molar-refractivity contribution is -0.119. The Morgan fingerprint density at radius 1 is 1.11 bits per heavy atom. The Morgan fingerprint density at radius 2 is 1.63 bits per heavy atom. The van der Waals surface area contributed by atoms with Gasteiger partial charge >= 0.3 is 0 Å². The molecule has 0 atom stereocenters. The van der Waals surface area contributed by atoms with Crippen molar-refractivity contribution in [2.75, 3.05) is 18.5 Å². The highest BCUT2D eigenvalue weighted by Gasteiger charge is 2.25. The number of carbonyl (C=O) groups excluding carboxylic acids is 3. The molecule has 0 saturated heterocycles. The van der Waals surface area contributed by atoms with Gasteiger partial charge in [0, 0.05) is 31.3 Å². The molecule has 0 fully saturated rings. The maximum absolute atomic E-state index is 11.9. The summed E-state index contributed by atoms with van der Waals surface area (Å²) in [7, 11) is 1.72. The number of imide groups is 1. The van der Waals surface area contributed by atoms with Crippen molar-refractivity contribution in [2.45, 2.75) is 6.92 Å². The zero-order valence-corrected chi connectivity index (χ0v) is 10.8. The summed E-state index contributed by atoms with van der Waals surface area (Å²) >= 11 is 0. The van der Waals surface area contributed by atoms with Crippen molar-refractivity contribution in [2.24, 2.45) is 0 Å². The standard InChI is InChI=1S/C14H14N2O3/c1-3-15(2)14(19)10-4-6-11(7-5-10)16-12(17)8-9-13(16)18/h4-9H,3H2,1-2H3. The molecule has 0 bridgehead atoms. The minimum atomic E-state index is -0.366. The van der Waals surface area contributed by atoms with Gasteiger partial charge in [0.05, 0.1) is 5.69 Å². The van der Waals surface area contributed by atoms with Gasteiger partial charge < -0.3 is 4.90 Å². The molecule has 0 unspecified atom stereocenters. The Bertz CT molecular complexity index is 543. The fourth-order valence-corrected chi connectivity index (χ4v) is 1.77. The Morgan fingerprint density at radius 3 is 2.11 bits per heavy atom. The highest BCUT2D eigenvalue weighted by Crippen LogP contribution is 2.19. The lowest BCUT2D eigenvalue weighted by Gasteiger charge is -2.16. The van der Waals surface area contributed by atoms with Gasteiger partial charge in [-0.15, -0.1) is 0 Å². The summed E-state index contributed by atoms with van der Waals surface area (Å²) < 4.78 is 0. The SMILES string of the molecule is CCN(C)C(=O)c1ccc(N2C(=O)C=CC2=O)cc1. The van der Waals surface area contributed by atoms with Crippen LogP contribution in [0.4, 0.5) is 5.69 Å². The number of anilines is 1. The first-order chi connectivity index (χ1) is 9.04. The monoisotopic (exact) mass is 258 g/mol. The molecule has 1 aliphatic heterocycles. The Balaban J connectivity index is 2.22.